The largest absolute Gasteiger partial charge is 0.485 e. The van der Waals surface area contributed by atoms with Crippen molar-refractivity contribution in [1.29, 1.82) is 0 Å². The molecule has 1 aliphatic carbocycles. The number of nitrogens with one attached hydrogen (secondary N) is 2. The van der Waals surface area contributed by atoms with E-state index in [0.717, 1.165) is 31.2 Å². The van der Waals surface area contributed by atoms with Crippen molar-refractivity contribution >= 4 is 17.8 Å². The summed E-state index contributed by atoms with van der Waals surface area (Å²) < 4.78 is 11.1. The third-order valence-electron chi connectivity index (χ3n) is 5.76. The highest BCUT2D eigenvalue weighted by Gasteiger charge is 2.27. The second kappa shape index (κ2) is 12.4. The minimum atomic E-state index is -0.798. The lowest BCUT2D eigenvalue weighted by Gasteiger charge is -2.27. The normalized spacial score (nSPS) is 15.1. The molecular weight excluding hydrogens is 444 g/mol. The van der Waals surface area contributed by atoms with E-state index in [1.807, 2.05) is 24.3 Å². The molecule has 1 aliphatic rings. The van der Waals surface area contributed by atoms with Crippen LogP contribution in [0.4, 0.5) is 4.79 Å². The van der Waals surface area contributed by atoms with Gasteiger partial charge in [0.05, 0.1) is 0 Å². The molecule has 1 unspecified atom stereocenters. The first-order valence-electron chi connectivity index (χ1n) is 12.3. The van der Waals surface area contributed by atoms with E-state index in [9.17, 15) is 14.4 Å². The minimum Gasteiger partial charge on any atom is -0.485 e. The van der Waals surface area contributed by atoms with Crippen molar-refractivity contribution < 1.29 is 23.9 Å². The molecule has 1 atom stereocenters. The maximum Gasteiger partial charge on any atom is 0.408 e. The molecule has 0 aliphatic heterocycles. The number of ketones is 1. The van der Waals surface area contributed by atoms with E-state index in [0.29, 0.717) is 11.3 Å². The van der Waals surface area contributed by atoms with Gasteiger partial charge in [0, 0.05) is 18.0 Å². The molecule has 7 nitrogen and oxygen atoms in total. The van der Waals surface area contributed by atoms with Crippen molar-refractivity contribution in [3.63, 3.8) is 0 Å². The Morgan fingerprint density at radius 2 is 1.69 bits per heavy atom. The molecule has 0 bridgehead atoms. The molecule has 0 heterocycles. The number of carbonyl (C=O) groups is 3. The molecule has 0 saturated heterocycles. The average Bonchev–Trinajstić information content (AvgIpc) is 2.82. The molecule has 3 rings (SSSR count). The van der Waals surface area contributed by atoms with Gasteiger partial charge in [0.25, 0.3) is 0 Å². The van der Waals surface area contributed by atoms with Gasteiger partial charge >= 0.3 is 6.09 Å². The molecule has 2 N–H and O–H groups in total. The van der Waals surface area contributed by atoms with Crippen LogP contribution in [0.5, 0.6) is 5.75 Å². The van der Waals surface area contributed by atoms with Crippen molar-refractivity contribution in [2.24, 2.45) is 0 Å². The van der Waals surface area contributed by atoms with Crippen LogP contribution < -0.4 is 15.4 Å². The Morgan fingerprint density at radius 1 is 0.971 bits per heavy atom. The van der Waals surface area contributed by atoms with Crippen molar-refractivity contribution in [2.75, 3.05) is 6.61 Å². The van der Waals surface area contributed by atoms with Gasteiger partial charge in [-0.25, -0.2) is 4.79 Å². The molecule has 35 heavy (non-hydrogen) atoms. The average molecular weight is 481 g/mol. The summed E-state index contributed by atoms with van der Waals surface area (Å²) in [6, 6.07) is 15.5. The lowest BCUT2D eigenvalue weighted by atomic mass is 9.95. The standard InChI is InChI=1S/C28H36N2O5/c1-28(2,3)35-27(33)30-24(26(32)29-22-14-8-5-9-15-22)18-20-11-10-16-23(17-20)34-19-25(31)21-12-6-4-7-13-21/h4,6-7,10-13,16-17,22,24H,5,8-9,14-15,18-19H2,1-3H3,(H,29,32)(H,30,33). The molecule has 2 aromatic rings. The van der Waals surface area contributed by atoms with E-state index >= 15 is 0 Å². The molecule has 7 heteroatoms. The van der Waals surface area contributed by atoms with Crippen molar-refractivity contribution in [2.45, 2.75) is 77.0 Å². The number of amides is 2. The molecule has 188 valence electrons. The summed E-state index contributed by atoms with van der Waals surface area (Å²) in [6.45, 7) is 5.25. The third kappa shape index (κ3) is 9.08. The molecule has 2 aromatic carbocycles. The minimum absolute atomic E-state index is 0.0881. The first-order chi connectivity index (χ1) is 16.7. The summed E-state index contributed by atoms with van der Waals surface area (Å²) in [4.78, 5) is 37.9. The molecule has 0 radical (unpaired) electrons. The van der Waals surface area contributed by atoms with Crippen LogP contribution in [0.2, 0.25) is 0 Å². The van der Waals surface area contributed by atoms with Crippen LogP contribution in [0.15, 0.2) is 54.6 Å². The number of alkyl carbamates (subject to hydrolysis) is 1. The number of benzene rings is 2. The predicted octanol–water partition coefficient (Wildman–Crippen LogP) is 4.83. The number of Topliss-reactive ketones (excluding diaryl/α,β-unsaturated/α-hetero) is 1. The summed E-state index contributed by atoms with van der Waals surface area (Å²) in [5.74, 6) is 0.177. The molecule has 1 fully saturated rings. The van der Waals surface area contributed by atoms with Crippen LogP contribution in [-0.2, 0) is 16.0 Å². The van der Waals surface area contributed by atoms with Gasteiger partial charge in [-0.3, -0.25) is 9.59 Å². The zero-order valence-corrected chi connectivity index (χ0v) is 20.8. The number of hydrogen-bond donors (Lipinski definition) is 2. The SMILES string of the molecule is CC(C)(C)OC(=O)NC(Cc1cccc(OCC(=O)c2ccccc2)c1)C(=O)NC1CCCCC1. The second-order valence-electron chi connectivity index (χ2n) is 9.97. The molecule has 2 amide bonds. The lowest BCUT2D eigenvalue weighted by Crippen LogP contribution is -2.51. The first kappa shape index (κ1) is 26.3. The topological polar surface area (TPSA) is 93.7 Å². The van der Waals surface area contributed by atoms with Crippen molar-refractivity contribution in [3.8, 4) is 5.75 Å². The van der Waals surface area contributed by atoms with Crippen LogP contribution in [0, 0.1) is 0 Å². The zero-order valence-electron chi connectivity index (χ0n) is 20.8. The second-order valence-corrected chi connectivity index (χ2v) is 9.97. The number of ether oxygens (including phenoxy) is 2. The maximum absolute atomic E-state index is 13.1. The molecule has 1 saturated carbocycles. The molecule has 0 aromatic heterocycles. The zero-order chi connectivity index (χ0) is 25.3. The summed E-state index contributed by atoms with van der Waals surface area (Å²) in [7, 11) is 0. The Hall–Kier alpha value is -3.35. The van der Waals surface area contributed by atoms with E-state index in [-0.39, 0.29) is 30.8 Å². The number of rotatable bonds is 9. The van der Waals surface area contributed by atoms with E-state index in [1.165, 1.54) is 6.42 Å². The van der Waals surface area contributed by atoms with Crippen LogP contribution in [0.1, 0.15) is 68.8 Å². The summed E-state index contributed by atoms with van der Waals surface area (Å²) in [5.41, 5.74) is 0.715. The Kier molecular flexibility index (Phi) is 9.29. The van der Waals surface area contributed by atoms with Crippen LogP contribution in [-0.4, -0.2) is 42.1 Å². The third-order valence-corrected chi connectivity index (χ3v) is 5.76. The van der Waals surface area contributed by atoms with Gasteiger partial charge in [-0.15, -0.1) is 0 Å². The number of carbonyl (C=O) groups excluding carboxylic acids is 3. The van der Waals surface area contributed by atoms with Gasteiger partial charge in [0.2, 0.25) is 5.91 Å². The van der Waals surface area contributed by atoms with Crippen molar-refractivity contribution in [1.82, 2.24) is 10.6 Å². The van der Waals surface area contributed by atoms with Gasteiger partial charge in [0.1, 0.15) is 17.4 Å². The predicted molar refractivity (Wildman–Crippen MR) is 135 cm³/mol. The van der Waals surface area contributed by atoms with Crippen LogP contribution in [0.25, 0.3) is 0 Å². The first-order valence-corrected chi connectivity index (χ1v) is 12.3. The van der Waals surface area contributed by atoms with E-state index in [1.54, 1.807) is 51.1 Å². The maximum atomic E-state index is 13.1. The number of hydrogen-bond acceptors (Lipinski definition) is 5. The molecular formula is C28H36N2O5. The Bertz CT molecular complexity index is 994. The quantitative estimate of drug-likeness (QED) is 0.501. The van der Waals surface area contributed by atoms with Crippen LogP contribution in [0.3, 0.4) is 0 Å². The Balaban J connectivity index is 1.66. The van der Waals surface area contributed by atoms with Gasteiger partial charge in [-0.05, 0) is 51.3 Å². The van der Waals surface area contributed by atoms with Gasteiger partial charge in [0.15, 0.2) is 12.4 Å². The van der Waals surface area contributed by atoms with Crippen LogP contribution >= 0.6 is 0 Å². The summed E-state index contributed by atoms with van der Waals surface area (Å²) in [6.07, 6.45) is 4.90. The van der Waals surface area contributed by atoms with Gasteiger partial charge in [-0.2, -0.15) is 0 Å². The smallest absolute Gasteiger partial charge is 0.408 e. The monoisotopic (exact) mass is 480 g/mol. The van der Waals surface area contributed by atoms with E-state index in [4.69, 9.17) is 9.47 Å². The van der Waals surface area contributed by atoms with E-state index < -0.39 is 17.7 Å². The highest BCUT2D eigenvalue weighted by Crippen LogP contribution is 2.19. The fourth-order valence-corrected chi connectivity index (χ4v) is 4.06. The van der Waals surface area contributed by atoms with Gasteiger partial charge < -0.3 is 20.1 Å². The van der Waals surface area contributed by atoms with Crippen molar-refractivity contribution in [3.05, 3.63) is 65.7 Å². The fourth-order valence-electron chi connectivity index (χ4n) is 4.06. The summed E-state index contributed by atoms with van der Waals surface area (Å²) >= 11 is 0. The Morgan fingerprint density at radius 3 is 2.37 bits per heavy atom. The van der Waals surface area contributed by atoms with Gasteiger partial charge in [-0.1, -0.05) is 61.7 Å². The fraction of sp³-hybridized carbons (Fsp3) is 0.464. The summed E-state index contributed by atoms with van der Waals surface area (Å²) in [5, 5.41) is 5.83. The highest BCUT2D eigenvalue weighted by molar-refractivity contribution is 5.97. The van der Waals surface area contributed by atoms with E-state index in [2.05, 4.69) is 10.6 Å². The highest BCUT2D eigenvalue weighted by atomic mass is 16.6. The Labute approximate surface area is 207 Å². The molecule has 0 spiro atoms. The lowest BCUT2D eigenvalue weighted by molar-refractivity contribution is -0.124.